The van der Waals surface area contributed by atoms with Crippen LogP contribution in [0.5, 0.6) is 11.5 Å². The van der Waals surface area contributed by atoms with Gasteiger partial charge in [0.2, 0.25) is 0 Å². The fourth-order valence-corrected chi connectivity index (χ4v) is 4.19. The van der Waals surface area contributed by atoms with Gasteiger partial charge < -0.3 is 19.7 Å². The predicted octanol–water partition coefficient (Wildman–Crippen LogP) is 5.69. The van der Waals surface area contributed by atoms with Crippen LogP contribution in [0, 0.1) is 0 Å². The van der Waals surface area contributed by atoms with Crippen LogP contribution in [-0.4, -0.2) is 50.3 Å². The van der Waals surface area contributed by atoms with Crippen molar-refractivity contribution in [3.63, 3.8) is 0 Å². The Labute approximate surface area is 221 Å². The topological polar surface area (TPSA) is 63.2 Å². The molecule has 0 aliphatic carbocycles. The Morgan fingerprint density at radius 3 is 2.47 bits per heavy atom. The molecule has 6 nitrogen and oxygen atoms in total. The average Bonchev–Trinajstić information content (AvgIpc) is 3.20. The second-order valence-electron chi connectivity index (χ2n) is 8.45. The maximum Gasteiger partial charge on any atom is 0.416 e. The first-order valence-electron chi connectivity index (χ1n) is 11.3. The molecule has 1 aliphatic heterocycles. The number of carbonyl (C=O) groups is 1. The minimum absolute atomic E-state index is 0.137. The third-order valence-electron chi connectivity index (χ3n) is 5.38. The van der Waals surface area contributed by atoms with Gasteiger partial charge in [-0.05, 0) is 61.8 Å². The molecular weight excluding hydrogens is 529 g/mol. The molecule has 1 fully saturated rings. The van der Waals surface area contributed by atoms with Crippen LogP contribution in [0.2, 0.25) is 0 Å². The molecule has 0 aromatic heterocycles. The first kappa shape index (κ1) is 29.2. The fraction of sp³-hybridized carbons (Fsp3) is 0.308. The number of nitrogens with zero attached hydrogens (tertiary/aromatic N) is 2. The number of aliphatic imine (C=N–C) groups is 1. The van der Waals surface area contributed by atoms with Gasteiger partial charge in [0, 0.05) is 17.7 Å². The molecule has 1 heterocycles. The van der Waals surface area contributed by atoms with E-state index in [1.54, 1.807) is 18.2 Å². The van der Waals surface area contributed by atoms with Gasteiger partial charge in [-0.2, -0.15) is 22.0 Å². The van der Waals surface area contributed by atoms with Crippen molar-refractivity contribution in [2.24, 2.45) is 4.99 Å². The maximum atomic E-state index is 13.9. The summed E-state index contributed by atoms with van der Waals surface area (Å²) in [6, 6.07) is 6.92. The van der Waals surface area contributed by atoms with Crippen molar-refractivity contribution >= 4 is 28.9 Å². The summed E-state index contributed by atoms with van der Waals surface area (Å²) in [7, 11) is 5.20. The highest BCUT2D eigenvalue weighted by molar-refractivity contribution is 8.18. The molecule has 204 valence electrons. The molecule has 0 unspecified atom stereocenters. The van der Waals surface area contributed by atoms with Crippen LogP contribution in [0.15, 0.2) is 59.0 Å². The van der Waals surface area contributed by atoms with E-state index in [0.717, 1.165) is 18.7 Å². The molecule has 1 N–H and O–H groups in total. The molecule has 1 aliphatic rings. The van der Waals surface area contributed by atoms with E-state index >= 15 is 0 Å². The van der Waals surface area contributed by atoms with Gasteiger partial charge in [0.1, 0.15) is 6.61 Å². The maximum absolute atomic E-state index is 13.9. The number of ether oxygens (including phenoxy) is 2. The summed E-state index contributed by atoms with van der Waals surface area (Å²) in [6.45, 7) is 3.69. The smallest absolute Gasteiger partial charge is 0.416 e. The summed E-state index contributed by atoms with van der Waals surface area (Å²) in [5.74, 6) is -3.56. The molecule has 0 spiro atoms. The van der Waals surface area contributed by atoms with E-state index in [1.165, 1.54) is 24.9 Å². The summed E-state index contributed by atoms with van der Waals surface area (Å²) in [6.07, 6.45) is -2.96. The highest BCUT2D eigenvalue weighted by Gasteiger charge is 2.37. The number of alkyl halides is 5. The predicted molar refractivity (Wildman–Crippen MR) is 137 cm³/mol. The molecule has 0 saturated carbocycles. The third kappa shape index (κ3) is 7.35. The number of rotatable bonds is 10. The van der Waals surface area contributed by atoms with Crippen molar-refractivity contribution in [3.05, 3.63) is 76.2 Å². The Balaban J connectivity index is 1.78. The molecular formula is C26H26F5N3O3S. The first-order valence-corrected chi connectivity index (χ1v) is 12.1. The van der Waals surface area contributed by atoms with Gasteiger partial charge in [-0.1, -0.05) is 24.8 Å². The van der Waals surface area contributed by atoms with E-state index in [1.807, 2.05) is 19.0 Å². The molecule has 38 heavy (non-hydrogen) atoms. The van der Waals surface area contributed by atoms with Gasteiger partial charge in [0.05, 0.1) is 24.1 Å². The molecule has 0 bridgehead atoms. The average molecular weight is 556 g/mol. The minimum Gasteiger partial charge on any atom is -0.493 e. The molecule has 12 heteroatoms. The van der Waals surface area contributed by atoms with Crippen LogP contribution < -0.4 is 14.8 Å². The zero-order chi connectivity index (χ0) is 28.1. The molecule has 2 aromatic rings. The van der Waals surface area contributed by atoms with Crippen molar-refractivity contribution in [3.8, 4) is 11.5 Å². The summed E-state index contributed by atoms with van der Waals surface area (Å²) in [5, 5.41) is 3.19. The van der Waals surface area contributed by atoms with Crippen molar-refractivity contribution in [1.82, 2.24) is 10.2 Å². The van der Waals surface area contributed by atoms with E-state index in [4.69, 9.17) is 9.47 Å². The molecule has 0 atom stereocenters. The van der Waals surface area contributed by atoms with Crippen molar-refractivity contribution < 1.29 is 36.2 Å². The van der Waals surface area contributed by atoms with Crippen LogP contribution in [0.1, 0.15) is 22.3 Å². The van der Waals surface area contributed by atoms with E-state index in [2.05, 4.69) is 16.9 Å². The van der Waals surface area contributed by atoms with Crippen LogP contribution in [0.4, 0.5) is 22.0 Å². The Hall–Kier alpha value is -3.38. The van der Waals surface area contributed by atoms with Crippen molar-refractivity contribution in [2.45, 2.75) is 18.7 Å². The number of hydrogen-bond donors (Lipinski definition) is 1. The second-order valence-corrected chi connectivity index (χ2v) is 9.48. The van der Waals surface area contributed by atoms with Gasteiger partial charge >= 0.3 is 6.18 Å². The lowest BCUT2D eigenvalue weighted by molar-refractivity contribution is -0.138. The minimum atomic E-state index is -4.87. The summed E-state index contributed by atoms with van der Waals surface area (Å²) in [5.41, 5.74) is -1.79. The highest BCUT2D eigenvalue weighted by atomic mass is 32.2. The SMILES string of the molecule is C=CC(F)(F)c1ccc(COc2ccc(/C=C3/SC(=NCCN(C)C)NC3=O)cc2OC)c(C(F)(F)F)c1. The quantitative estimate of drug-likeness (QED) is 0.232. The number of allylic oxidation sites excluding steroid dienone is 1. The number of benzene rings is 2. The number of nitrogens with one attached hydrogen (secondary N) is 1. The number of likely N-dealkylation sites (N-methyl/N-ethyl adjacent to an activating group) is 1. The summed E-state index contributed by atoms with van der Waals surface area (Å²) < 4.78 is 79.4. The van der Waals surface area contributed by atoms with Gasteiger partial charge in [0.15, 0.2) is 16.7 Å². The molecule has 3 rings (SSSR count). The monoisotopic (exact) mass is 555 g/mol. The number of halogens is 5. The molecule has 1 saturated heterocycles. The number of hydrogen-bond acceptors (Lipinski definition) is 6. The normalized spacial score (nSPS) is 16.3. The number of amides is 1. The lowest BCUT2D eigenvalue weighted by Crippen LogP contribution is -2.21. The van der Waals surface area contributed by atoms with E-state index in [-0.39, 0.29) is 29.0 Å². The number of thioether (sulfide) groups is 1. The Bertz CT molecular complexity index is 1260. The van der Waals surface area contributed by atoms with Gasteiger partial charge in [-0.25, -0.2) is 0 Å². The van der Waals surface area contributed by atoms with Crippen LogP contribution in [0.25, 0.3) is 6.08 Å². The molecule has 1 amide bonds. The summed E-state index contributed by atoms with van der Waals surface area (Å²) >= 11 is 1.19. The van der Waals surface area contributed by atoms with Gasteiger partial charge in [-0.15, -0.1) is 0 Å². The Morgan fingerprint density at radius 2 is 1.84 bits per heavy atom. The molecule has 2 aromatic carbocycles. The van der Waals surface area contributed by atoms with E-state index in [9.17, 15) is 26.7 Å². The first-order chi connectivity index (χ1) is 17.8. The third-order valence-corrected chi connectivity index (χ3v) is 6.33. The van der Waals surface area contributed by atoms with Crippen LogP contribution in [0.3, 0.4) is 0 Å². The highest BCUT2D eigenvalue weighted by Crippen LogP contribution is 2.38. The van der Waals surface area contributed by atoms with Gasteiger partial charge in [-0.3, -0.25) is 9.79 Å². The molecule has 0 radical (unpaired) electrons. The number of methoxy groups -OCH3 is 1. The second kappa shape index (κ2) is 12.0. The van der Waals surface area contributed by atoms with Crippen LogP contribution >= 0.6 is 11.8 Å². The number of amidine groups is 1. The number of carbonyl (C=O) groups excluding carboxylic acids is 1. The van der Waals surface area contributed by atoms with Crippen molar-refractivity contribution in [2.75, 3.05) is 34.3 Å². The Morgan fingerprint density at radius 1 is 1.11 bits per heavy atom. The van der Waals surface area contributed by atoms with Crippen molar-refractivity contribution in [1.29, 1.82) is 0 Å². The van der Waals surface area contributed by atoms with E-state index in [0.29, 0.717) is 28.2 Å². The lowest BCUT2D eigenvalue weighted by Gasteiger charge is -2.18. The Kier molecular flexibility index (Phi) is 9.21. The lowest BCUT2D eigenvalue weighted by atomic mass is 10.00. The summed E-state index contributed by atoms with van der Waals surface area (Å²) in [4.78, 5) is 19.0. The largest absolute Gasteiger partial charge is 0.493 e. The zero-order valence-corrected chi connectivity index (χ0v) is 21.7. The van der Waals surface area contributed by atoms with E-state index < -0.39 is 29.8 Å². The standard InChI is InChI=1S/C26H26F5N3O3S/c1-5-25(27,28)18-8-7-17(19(14-18)26(29,30)31)15-37-20-9-6-16(12-21(20)36-4)13-22-23(35)33-24(38-22)32-10-11-34(2)3/h5-9,12-14H,1,10-11,15H2,2-4H3,(H,32,33,35)/b22-13+. The van der Waals surface area contributed by atoms with Crippen LogP contribution in [-0.2, 0) is 23.5 Å². The van der Waals surface area contributed by atoms with Gasteiger partial charge in [0.25, 0.3) is 11.8 Å². The zero-order valence-electron chi connectivity index (χ0n) is 20.9. The fourth-order valence-electron chi connectivity index (χ4n) is 3.34.